The number of aromatic nitrogens is 1. The number of carbonyl (C=O) groups is 2. The lowest BCUT2D eigenvalue weighted by Crippen LogP contribution is -2.41. The van der Waals surface area contributed by atoms with E-state index in [2.05, 4.69) is 37.4 Å². The molecule has 1 aliphatic heterocycles. The minimum atomic E-state index is -0.179. The highest BCUT2D eigenvalue weighted by atomic mass is 35.5. The molecule has 2 heterocycles. The molecule has 1 N–H and O–H groups in total. The Balaban J connectivity index is 1.39. The Morgan fingerprint density at radius 2 is 1.71 bits per heavy atom. The van der Waals surface area contributed by atoms with Gasteiger partial charge in [0.15, 0.2) is 0 Å². The SMILES string of the molecule is Cc1ccc(-c2ccc(C(=O)N3CCC(C(=O)Nc4ccc(Cl)cc4Cl)CC3)c(C)n2)c(C)c1. The van der Waals surface area contributed by atoms with Gasteiger partial charge in [0.25, 0.3) is 5.91 Å². The lowest BCUT2D eigenvalue weighted by molar-refractivity contribution is -0.121. The number of pyridine rings is 1. The van der Waals surface area contributed by atoms with Gasteiger partial charge in [-0.1, -0.05) is 47.0 Å². The van der Waals surface area contributed by atoms with E-state index in [1.807, 2.05) is 19.1 Å². The largest absolute Gasteiger partial charge is 0.339 e. The topological polar surface area (TPSA) is 62.3 Å². The molecule has 7 heteroatoms. The van der Waals surface area contributed by atoms with Crippen molar-refractivity contribution >= 4 is 40.7 Å². The summed E-state index contributed by atoms with van der Waals surface area (Å²) in [5, 5.41) is 3.80. The fraction of sp³-hybridized carbons (Fsp3) is 0.296. The van der Waals surface area contributed by atoms with Gasteiger partial charge < -0.3 is 10.2 Å². The Morgan fingerprint density at radius 1 is 0.971 bits per heavy atom. The van der Waals surface area contributed by atoms with Crippen molar-refractivity contribution in [3.63, 3.8) is 0 Å². The van der Waals surface area contributed by atoms with E-state index in [-0.39, 0.29) is 17.7 Å². The maximum absolute atomic E-state index is 13.2. The van der Waals surface area contributed by atoms with Crippen LogP contribution in [0, 0.1) is 26.7 Å². The van der Waals surface area contributed by atoms with Crippen molar-refractivity contribution in [2.45, 2.75) is 33.6 Å². The number of amides is 2. The number of anilines is 1. The van der Waals surface area contributed by atoms with Crippen LogP contribution in [0.4, 0.5) is 5.69 Å². The quantitative estimate of drug-likeness (QED) is 0.450. The fourth-order valence-electron chi connectivity index (χ4n) is 4.38. The number of likely N-dealkylation sites (tertiary alicyclic amines) is 1. The molecule has 0 saturated carbocycles. The predicted octanol–water partition coefficient (Wildman–Crippen LogP) is 6.47. The first kappa shape index (κ1) is 24.2. The van der Waals surface area contributed by atoms with Gasteiger partial charge in [-0.25, -0.2) is 0 Å². The first-order valence-corrected chi connectivity index (χ1v) is 12.1. The van der Waals surface area contributed by atoms with Crippen LogP contribution in [-0.4, -0.2) is 34.8 Å². The van der Waals surface area contributed by atoms with Gasteiger partial charge in [-0.05, 0) is 69.5 Å². The molecular weight excluding hydrogens is 469 g/mol. The lowest BCUT2D eigenvalue weighted by Gasteiger charge is -2.31. The second kappa shape index (κ2) is 10.2. The number of rotatable bonds is 4. The van der Waals surface area contributed by atoms with E-state index >= 15 is 0 Å². The van der Waals surface area contributed by atoms with Crippen molar-refractivity contribution in [2.24, 2.45) is 5.92 Å². The molecule has 0 atom stereocenters. The molecule has 1 aromatic heterocycles. The zero-order valence-electron chi connectivity index (χ0n) is 19.5. The zero-order valence-corrected chi connectivity index (χ0v) is 21.0. The molecule has 34 heavy (non-hydrogen) atoms. The average Bonchev–Trinajstić information content (AvgIpc) is 2.80. The first-order chi connectivity index (χ1) is 16.2. The number of piperidine rings is 1. The van der Waals surface area contributed by atoms with Crippen LogP contribution in [0.25, 0.3) is 11.3 Å². The van der Waals surface area contributed by atoms with Gasteiger partial charge in [-0.3, -0.25) is 14.6 Å². The summed E-state index contributed by atoms with van der Waals surface area (Å²) in [7, 11) is 0. The van der Waals surface area contributed by atoms with Crippen molar-refractivity contribution in [2.75, 3.05) is 18.4 Å². The zero-order chi connectivity index (χ0) is 24.4. The summed E-state index contributed by atoms with van der Waals surface area (Å²) in [5.41, 5.74) is 6.15. The number of benzene rings is 2. The monoisotopic (exact) mass is 495 g/mol. The molecule has 0 spiro atoms. The summed E-state index contributed by atoms with van der Waals surface area (Å²) < 4.78 is 0. The maximum atomic E-state index is 13.2. The molecule has 5 nitrogen and oxygen atoms in total. The van der Waals surface area contributed by atoms with Gasteiger partial charge in [0.2, 0.25) is 5.91 Å². The standard InChI is InChI=1S/C27H27Cl2N3O2/c1-16-4-6-21(17(2)14-16)24-9-7-22(18(3)30-24)27(34)32-12-10-19(11-13-32)26(33)31-25-8-5-20(28)15-23(25)29/h4-9,14-15,19H,10-13H2,1-3H3,(H,31,33). The Morgan fingerprint density at radius 3 is 2.35 bits per heavy atom. The van der Waals surface area contributed by atoms with Gasteiger partial charge in [0.1, 0.15) is 0 Å². The first-order valence-electron chi connectivity index (χ1n) is 11.3. The summed E-state index contributed by atoms with van der Waals surface area (Å²) in [6.45, 7) is 7.04. The number of aryl methyl sites for hydroxylation is 3. The highest BCUT2D eigenvalue weighted by Crippen LogP contribution is 2.28. The van der Waals surface area contributed by atoms with E-state index in [1.54, 1.807) is 23.1 Å². The van der Waals surface area contributed by atoms with Crippen LogP contribution < -0.4 is 5.32 Å². The normalized spacial score (nSPS) is 14.2. The van der Waals surface area contributed by atoms with Crippen molar-refractivity contribution < 1.29 is 9.59 Å². The van der Waals surface area contributed by atoms with Gasteiger partial charge in [-0.15, -0.1) is 0 Å². The van der Waals surface area contributed by atoms with Crippen molar-refractivity contribution in [1.82, 2.24) is 9.88 Å². The summed E-state index contributed by atoms with van der Waals surface area (Å²) >= 11 is 12.1. The minimum Gasteiger partial charge on any atom is -0.339 e. The lowest BCUT2D eigenvalue weighted by atomic mass is 9.95. The third-order valence-corrected chi connectivity index (χ3v) is 6.86. The van der Waals surface area contributed by atoms with Crippen LogP contribution in [0.3, 0.4) is 0 Å². The minimum absolute atomic E-state index is 0.0446. The van der Waals surface area contributed by atoms with Crippen LogP contribution in [0.15, 0.2) is 48.5 Å². The third kappa shape index (κ3) is 5.26. The molecule has 0 unspecified atom stereocenters. The summed E-state index contributed by atoms with van der Waals surface area (Å²) in [6, 6.07) is 15.0. The Labute approximate surface area is 210 Å². The second-order valence-corrected chi connectivity index (χ2v) is 9.67. The van der Waals surface area contributed by atoms with Crippen molar-refractivity contribution in [3.8, 4) is 11.3 Å². The van der Waals surface area contributed by atoms with Crippen molar-refractivity contribution in [3.05, 3.63) is 81.0 Å². The number of nitrogens with one attached hydrogen (secondary N) is 1. The van der Waals surface area contributed by atoms with E-state index in [0.717, 1.165) is 16.8 Å². The fourth-order valence-corrected chi connectivity index (χ4v) is 4.83. The summed E-state index contributed by atoms with van der Waals surface area (Å²) in [5.74, 6) is -0.314. The molecule has 2 aromatic carbocycles. The number of hydrogen-bond donors (Lipinski definition) is 1. The molecular formula is C27H27Cl2N3O2. The highest BCUT2D eigenvalue weighted by Gasteiger charge is 2.29. The number of carbonyl (C=O) groups excluding carboxylic acids is 2. The Kier molecular flexibility index (Phi) is 7.24. The van der Waals surface area contributed by atoms with Crippen LogP contribution in [0.5, 0.6) is 0 Å². The second-order valence-electron chi connectivity index (χ2n) is 8.83. The van der Waals surface area contributed by atoms with Crippen LogP contribution in [-0.2, 0) is 4.79 Å². The maximum Gasteiger partial charge on any atom is 0.255 e. The van der Waals surface area contributed by atoms with Gasteiger partial charge in [-0.2, -0.15) is 0 Å². The molecule has 1 fully saturated rings. The number of hydrogen-bond acceptors (Lipinski definition) is 3. The number of nitrogens with zero attached hydrogens (tertiary/aromatic N) is 2. The predicted molar refractivity (Wildman–Crippen MR) is 138 cm³/mol. The Bertz CT molecular complexity index is 1250. The smallest absolute Gasteiger partial charge is 0.255 e. The molecule has 0 bridgehead atoms. The summed E-state index contributed by atoms with van der Waals surface area (Å²) in [4.78, 5) is 32.4. The Hall–Kier alpha value is -2.89. The molecule has 2 amide bonds. The highest BCUT2D eigenvalue weighted by molar-refractivity contribution is 6.36. The number of halogens is 2. The molecule has 1 saturated heterocycles. The summed E-state index contributed by atoms with van der Waals surface area (Å²) in [6.07, 6.45) is 1.19. The van der Waals surface area contributed by atoms with Crippen LogP contribution in [0.1, 0.15) is 40.0 Å². The van der Waals surface area contributed by atoms with E-state index in [9.17, 15) is 9.59 Å². The van der Waals surface area contributed by atoms with Gasteiger partial charge in [0, 0.05) is 29.6 Å². The molecule has 1 aliphatic rings. The van der Waals surface area contributed by atoms with E-state index in [4.69, 9.17) is 28.2 Å². The van der Waals surface area contributed by atoms with E-state index < -0.39 is 0 Å². The molecule has 3 aromatic rings. The molecule has 4 rings (SSSR count). The average molecular weight is 496 g/mol. The molecule has 0 aliphatic carbocycles. The molecule has 176 valence electrons. The van der Waals surface area contributed by atoms with E-state index in [1.165, 1.54) is 5.56 Å². The van der Waals surface area contributed by atoms with E-state index in [0.29, 0.717) is 52.9 Å². The van der Waals surface area contributed by atoms with Gasteiger partial charge in [0.05, 0.1) is 27.7 Å². The van der Waals surface area contributed by atoms with Crippen molar-refractivity contribution in [1.29, 1.82) is 0 Å². The van der Waals surface area contributed by atoms with Crippen LogP contribution >= 0.6 is 23.2 Å². The van der Waals surface area contributed by atoms with Crippen LogP contribution in [0.2, 0.25) is 10.0 Å². The third-order valence-electron chi connectivity index (χ3n) is 6.32. The molecule has 0 radical (unpaired) electrons. The van der Waals surface area contributed by atoms with Gasteiger partial charge >= 0.3 is 0 Å².